The second-order valence-corrected chi connectivity index (χ2v) is 5.45. The summed E-state index contributed by atoms with van der Waals surface area (Å²) in [6.45, 7) is 3.59. The highest BCUT2D eigenvalue weighted by atomic mass is 127. The molecule has 1 aromatic rings. The molecule has 0 aromatic heterocycles. The average molecular weight is 353 g/mol. The van der Waals surface area contributed by atoms with Crippen molar-refractivity contribution in [1.29, 1.82) is 0 Å². The fourth-order valence-electron chi connectivity index (χ4n) is 1.02. The summed E-state index contributed by atoms with van der Waals surface area (Å²) in [7, 11) is 0. The normalized spacial score (nSPS) is 14.3. The number of benzene rings is 1. The van der Waals surface area contributed by atoms with Crippen molar-refractivity contribution < 1.29 is 4.79 Å². The van der Waals surface area contributed by atoms with E-state index in [9.17, 15) is 4.79 Å². The summed E-state index contributed by atoms with van der Waals surface area (Å²) >= 11 is 7.95. The van der Waals surface area contributed by atoms with Crippen molar-refractivity contribution >= 4 is 45.8 Å². The first-order valence-electron chi connectivity index (χ1n) is 4.92. The number of nitrogens with two attached hydrogens (primary N) is 1. The molecule has 3 nitrogen and oxygen atoms in total. The van der Waals surface area contributed by atoms with E-state index in [-0.39, 0.29) is 5.91 Å². The minimum Gasteiger partial charge on any atom is -0.324 e. The van der Waals surface area contributed by atoms with Gasteiger partial charge in [-0.3, -0.25) is 4.79 Å². The van der Waals surface area contributed by atoms with Crippen LogP contribution in [0.15, 0.2) is 18.2 Å². The third-order valence-corrected chi connectivity index (χ3v) is 3.56. The molecule has 0 spiro atoms. The van der Waals surface area contributed by atoms with E-state index in [4.69, 9.17) is 17.3 Å². The Bertz CT molecular complexity index is 407. The second kappa shape index (κ2) is 5.33. The van der Waals surface area contributed by atoms with E-state index in [1.165, 1.54) is 0 Å². The van der Waals surface area contributed by atoms with Gasteiger partial charge >= 0.3 is 0 Å². The van der Waals surface area contributed by atoms with Gasteiger partial charge in [0.1, 0.15) is 0 Å². The average Bonchev–Trinajstić information content (AvgIpc) is 2.22. The molecule has 3 N–H and O–H groups in total. The Balaban J connectivity index is 2.85. The van der Waals surface area contributed by atoms with E-state index in [1.807, 2.05) is 6.92 Å². The minimum atomic E-state index is -0.845. The van der Waals surface area contributed by atoms with Crippen LogP contribution in [0.3, 0.4) is 0 Å². The molecule has 0 aliphatic heterocycles. The van der Waals surface area contributed by atoms with E-state index in [1.54, 1.807) is 25.1 Å². The van der Waals surface area contributed by atoms with Crippen molar-refractivity contribution in [1.82, 2.24) is 0 Å². The molecular formula is C11H14ClIN2O. The third-order valence-electron chi connectivity index (χ3n) is 2.43. The Kier molecular flexibility index (Phi) is 4.58. The monoisotopic (exact) mass is 352 g/mol. The predicted octanol–water partition coefficient (Wildman–Crippen LogP) is 3.01. The van der Waals surface area contributed by atoms with Gasteiger partial charge in [0, 0.05) is 8.59 Å². The van der Waals surface area contributed by atoms with Gasteiger partial charge in [-0.05, 0) is 54.1 Å². The largest absolute Gasteiger partial charge is 0.324 e. The van der Waals surface area contributed by atoms with E-state index in [0.29, 0.717) is 11.4 Å². The van der Waals surface area contributed by atoms with Gasteiger partial charge in [0.15, 0.2) is 0 Å². The number of amides is 1. The summed E-state index contributed by atoms with van der Waals surface area (Å²) in [6, 6.07) is 5.30. The number of hydrogen-bond donors (Lipinski definition) is 2. The molecule has 0 heterocycles. The van der Waals surface area contributed by atoms with Gasteiger partial charge in [0.25, 0.3) is 0 Å². The molecular weight excluding hydrogens is 338 g/mol. The summed E-state index contributed by atoms with van der Waals surface area (Å²) in [4.78, 5) is 11.8. The fraction of sp³-hybridized carbons (Fsp3) is 0.364. The molecule has 5 heteroatoms. The first kappa shape index (κ1) is 13.7. The third kappa shape index (κ3) is 3.33. The summed E-state index contributed by atoms with van der Waals surface area (Å²) in [5.41, 5.74) is 5.74. The lowest BCUT2D eigenvalue weighted by Gasteiger charge is -2.21. The predicted molar refractivity (Wildman–Crippen MR) is 75.7 cm³/mol. The molecule has 88 valence electrons. The van der Waals surface area contributed by atoms with Crippen molar-refractivity contribution in [2.75, 3.05) is 5.32 Å². The lowest BCUT2D eigenvalue weighted by molar-refractivity contribution is -0.120. The van der Waals surface area contributed by atoms with Gasteiger partial charge < -0.3 is 11.1 Å². The van der Waals surface area contributed by atoms with Crippen LogP contribution in [-0.2, 0) is 4.79 Å². The van der Waals surface area contributed by atoms with E-state index < -0.39 is 5.54 Å². The SMILES string of the molecule is CCC(C)(N)C(=O)Nc1ccc(Cl)cc1I. The molecule has 0 aliphatic carbocycles. The molecule has 1 unspecified atom stereocenters. The van der Waals surface area contributed by atoms with Crippen molar-refractivity contribution in [3.63, 3.8) is 0 Å². The van der Waals surface area contributed by atoms with Gasteiger partial charge in [0.2, 0.25) is 5.91 Å². The smallest absolute Gasteiger partial charge is 0.244 e. The molecule has 0 fully saturated rings. The van der Waals surface area contributed by atoms with Crippen LogP contribution in [0, 0.1) is 3.57 Å². The Hall–Kier alpha value is -0.330. The topological polar surface area (TPSA) is 55.1 Å². The quantitative estimate of drug-likeness (QED) is 0.822. The highest BCUT2D eigenvalue weighted by Gasteiger charge is 2.26. The number of nitrogens with one attached hydrogen (secondary N) is 1. The van der Waals surface area contributed by atoms with Crippen molar-refractivity contribution in [3.05, 3.63) is 26.8 Å². The Morgan fingerprint density at radius 3 is 2.75 bits per heavy atom. The summed E-state index contributed by atoms with van der Waals surface area (Å²) in [6.07, 6.45) is 0.586. The highest BCUT2D eigenvalue weighted by Crippen LogP contribution is 2.23. The van der Waals surface area contributed by atoms with Gasteiger partial charge in [-0.15, -0.1) is 0 Å². The van der Waals surface area contributed by atoms with Gasteiger partial charge in [-0.2, -0.15) is 0 Å². The molecule has 1 amide bonds. The Labute approximate surface area is 114 Å². The molecule has 0 saturated carbocycles. The van der Waals surface area contributed by atoms with Gasteiger partial charge in [-0.1, -0.05) is 18.5 Å². The maximum atomic E-state index is 11.8. The molecule has 0 aliphatic rings. The van der Waals surface area contributed by atoms with Crippen LogP contribution in [0.5, 0.6) is 0 Å². The maximum Gasteiger partial charge on any atom is 0.244 e. The lowest BCUT2D eigenvalue weighted by Crippen LogP contribution is -2.47. The van der Waals surface area contributed by atoms with Crippen molar-refractivity contribution in [2.24, 2.45) is 5.73 Å². The fourth-order valence-corrected chi connectivity index (χ4v) is 2.02. The number of halogens is 2. The van der Waals surface area contributed by atoms with Crippen LogP contribution < -0.4 is 11.1 Å². The van der Waals surface area contributed by atoms with Gasteiger partial charge in [-0.25, -0.2) is 0 Å². The Morgan fingerprint density at radius 1 is 1.62 bits per heavy atom. The molecule has 1 aromatic carbocycles. The van der Waals surface area contributed by atoms with Crippen molar-refractivity contribution in [3.8, 4) is 0 Å². The zero-order chi connectivity index (χ0) is 12.3. The summed E-state index contributed by atoms with van der Waals surface area (Å²) in [5, 5.41) is 3.45. The van der Waals surface area contributed by atoms with Crippen LogP contribution in [0.2, 0.25) is 5.02 Å². The van der Waals surface area contributed by atoms with Crippen LogP contribution in [0.1, 0.15) is 20.3 Å². The molecule has 1 rings (SSSR count). The minimum absolute atomic E-state index is 0.185. The molecule has 16 heavy (non-hydrogen) atoms. The zero-order valence-corrected chi connectivity index (χ0v) is 12.1. The van der Waals surface area contributed by atoms with E-state index in [2.05, 4.69) is 27.9 Å². The van der Waals surface area contributed by atoms with Crippen LogP contribution in [0.4, 0.5) is 5.69 Å². The molecule has 0 bridgehead atoms. The zero-order valence-electron chi connectivity index (χ0n) is 9.18. The maximum absolute atomic E-state index is 11.8. The first-order chi connectivity index (χ1) is 7.36. The lowest BCUT2D eigenvalue weighted by atomic mass is 9.99. The second-order valence-electron chi connectivity index (χ2n) is 3.85. The molecule has 0 saturated heterocycles. The van der Waals surface area contributed by atoms with Crippen molar-refractivity contribution in [2.45, 2.75) is 25.8 Å². The van der Waals surface area contributed by atoms with Crippen LogP contribution >= 0.6 is 34.2 Å². The molecule has 0 radical (unpaired) electrons. The van der Waals surface area contributed by atoms with E-state index >= 15 is 0 Å². The summed E-state index contributed by atoms with van der Waals surface area (Å²) in [5.74, 6) is -0.185. The van der Waals surface area contributed by atoms with Crippen LogP contribution in [-0.4, -0.2) is 11.4 Å². The number of hydrogen-bond acceptors (Lipinski definition) is 2. The van der Waals surface area contributed by atoms with Crippen LogP contribution in [0.25, 0.3) is 0 Å². The number of anilines is 1. The molecule has 1 atom stereocenters. The Morgan fingerprint density at radius 2 is 2.25 bits per heavy atom. The first-order valence-corrected chi connectivity index (χ1v) is 6.38. The number of carbonyl (C=O) groups is 1. The highest BCUT2D eigenvalue weighted by molar-refractivity contribution is 14.1. The number of carbonyl (C=O) groups excluding carboxylic acids is 1. The van der Waals surface area contributed by atoms with Gasteiger partial charge in [0.05, 0.1) is 11.2 Å². The summed E-state index contributed by atoms with van der Waals surface area (Å²) < 4.78 is 0.894. The number of rotatable bonds is 3. The van der Waals surface area contributed by atoms with E-state index in [0.717, 1.165) is 9.26 Å². The standard InChI is InChI=1S/C11H14ClIN2O/c1-3-11(2,14)10(16)15-9-5-4-7(12)6-8(9)13/h4-6H,3,14H2,1-2H3,(H,15,16).